The van der Waals surface area contributed by atoms with E-state index in [1.165, 1.54) is 20.0 Å². The molecule has 0 unspecified atom stereocenters. The van der Waals surface area contributed by atoms with Gasteiger partial charge in [0.2, 0.25) is 11.8 Å². The molecule has 0 spiro atoms. The van der Waals surface area contributed by atoms with Crippen LogP contribution in [0.1, 0.15) is 19.3 Å². The first-order valence-electron chi connectivity index (χ1n) is 10.8. The van der Waals surface area contributed by atoms with Crippen LogP contribution in [0.3, 0.4) is 0 Å². The largest absolute Gasteiger partial charge is 0.479 e. The third-order valence-electron chi connectivity index (χ3n) is 5.94. The summed E-state index contributed by atoms with van der Waals surface area (Å²) in [6.45, 7) is 2.29. The Morgan fingerprint density at radius 2 is 1.88 bits per heavy atom. The van der Waals surface area contributed by atoms with Crippen molar-refractivity contribution in [3.63, 3.8) is 0 Å². The Kier molecular flexibility index (Phi) is 5.50. The van der Waals surface area contributed by atoms with Crippen molar-refractivity contribution >= 4 is 23.5 Å². The van der Waals surface area contributed by atoms with E-state index in [4.69, 9.17) is 14.2 Å². The average Bonchev–Trinajstić information content (AvgIpc) is 3.55. The predicted octanol–water partition coefficient (Wildman–Crippen LogP) is 1.45. The van der Waals surface area contributed by atoms with Crippen molar-refractivity contribution in [1.82, 2.24) is 15.0 Å². The Morgan fingerprint density at radius 3 is 2.53 bits per heavy atom. The molecule has 1 atom stereocenters. The van der Waals surface area contributed by atoms with Crippen LogP contribution in [0.25, 0.3) is 0 Å². The van der Waals surface area contributed by atoms with Crippen LogP contribution in [0, 0.1) is 11.8 Å². The minimum atomic E-state index is -0.578. The van der Waals surface area contributed by atoms with Crippen molar-refractivity contribution in [2.24, 2.45) is 11.8 Å². The Bertz CT molecular complexity index is 973. The second-order valence-corrected chi connectivity index (χ2v) is 8.34. The molecule has 32 heavy (non-hydrogen) atoms. The lowest BCUT2D eigenvalue weighted by Crippen LogP contribution is -2.51. The number of esters is 1. The number of pyridine rings is 1. The Balaban J connectivity index is 1.14. The molecule has 4 heterocycles. The Morgan fingerprint density at radius 1 is 1.09 bits per heavy atom. The van der Waals surface area contributed by atoms with E-state index < -0.39 is 6.10 Å². The molecule has 2 aliphatic heterocycles. The lowest BCUT2D eigenvalue weighted by atomic mass is 10.0. The highest BCUT2D eigenvalue weighted by Gasteiger charge is 2.37. The molecule has 2 aromatic heterocycles. The van der Waals surface area contributed by atoms with Gasteiger partial charge in [-0.3, -0.25) is 9.59 Å². The molecule has 3 fully saturated rings. The molecular formula is C22H25N5O5. The van der Waals surface area contributed by atoms with Gasteiger partial charge >= 0.3 is 5.97 Å². The zero-order chi connectivity index (χ0) is 22.1. The maximum atomic E-state index is 12.8. The summed E-state index contributed by atoms with van der Waals surface area (Å²) in [6, 6.07) is 3.54. The smallest absolute Gasteiger partial charge is 0.312 e. The SMILES string of the molecule is COC(=O)C1CN(c2ncc(N3CC[C@@H](Oc4ccc(OCC5CC5)nc4)C3=O)cn2)C1. The van der Waals surface area contributed by atoms with Gasteiger partial charge in [0.15, 0.2) is 6.10 Å². The normalized spacial score (nSPS) is 20.8. The van der Waals surface area contributed by atoms with E-state index in [0.717, 1.165) is 0 Å². The molecule has 2 saturated heterocycles. The van der Waals surface area contributed by atoms with Gasteiger partial charge in [-0.2, -0.15) is 0 Å². The van der Waals surface area contributed by atoms with Gasteiger partial charge in [0.05, 0.1) is 43.9 Å². The quantitative estimate of drug-likeness (QED) is 0.565. The van der Waals surface area contributed by atoms with Gasteiger partial charge in [-0.1, -0.05) is 0 Å². The zero-order valence-corrected chi connectivity index (χ0v) is 17.8. The first kappa shape index (κ1) is 20.5. The van der Waals surface area contributed by atoms with Crippen LogP contribution in [-0.4, -0.2) is 66.3 Å². The summed E-state index contributed by atoms with van der Waals surface area (Å²) in [5.74, 6) is 1.80. The van der Waals surface area contributed by atoms with Gasteiger partial charge in [-0.15, -0.1) is 0 Å². The highest BCUT2D eigenvalue weighted by molar-refractivity contribution is 5.98. The second-order valence-electron chi connectivity index (χ2n) is 8.34. The van der Waals surface area contributed by atoms with E-state index in [9.17, 15) is 9.59 Å². The fraction of sp³-hybridized carbons (Fsp3) is 0.500. The van der Waals surface area contributed by atoms with E-state index in [0.29, 0.717) is 61.8 Å². The summed E-state index contributed by atoms with van der Waals surface area (Å²) in [5, 5.41) is 0. The molecule has 1 saturated carbocycles. The first-order chi connectivity index (χ1) is 15.6. The van der Waals surface area contributed by atoms with Crippen molar-refractivity contribution in [1.29, 1.82) is 0 Å². The van der Waals surface area contributed by atoms with Crippen LogP contribution in [0.2, 0.25) is 0 Å². The summed E-state index contributed by atoms with van der Waals surface area (Å²) in [7, 11) is 1.39. The summed E-state index contributed by atoms with van der Waals surface area (Å²) in [4.78, 5) is 40.8. The lowest BCUT2D eigenvalue weighted by Gasteiger charge is -2.37. The molecule has 2 aromatic rings. The zero-order valence-electron chi connectivity index (χ0n) is 17.8. The van der Waals surface area contributed by atoms with E-state index in [2.05, 4.69) is 15.0 Å². The third-order valence-corrected chi connectivity index (χ3v) is 5.94. The molecule has 0 radical (unpaired) electrons. The van der Waals surface area contributed by atoms with Crippen molar-refractivity contribution in [2.75, 3.05) is 43.2 Å². The number of hydrogen-bond acceptors (Lipinski definition) is 9. The summed E-state index contributed by atoms with van der Waals surface area (Å²) < 4.78 is 16.2. The number of rotatable bonds is 8. The summed E-state index contributed by atoms with van der Waals surface area (Å²) in [6.07, 6.45) is 7.28. The second kappa shape index (κ2) is 8.60. The molecule has 1 amide bonds. The van der Waals surface area contributed by atoms with Gasteiger partial charge in [-0.25, -0.2) is 15.0 Å². The van der Waals surface area contributed by atoms with Crippen molar-refractivity contribution in [3.05, 3.63) is 30.7 Å². The molecule has 10 heteroatoms. The van der Waals surface area contributed by atoms with Gasteiger partial charge in [0.25, 0.3) is 5.91 Å². The van der Waals surface area contributed by atoms with Crippen molar-refractivity contribution < 1.29 is 23.8 Å². The fourth-order valence-corrected chi connectivity index (χ4v) is 3.77. The Labute approximate surface area is 185 Å². The first-order valence-corrected chi connectivity index (χ1v) is 10.8. The maximum Gasteiger partial charge on any atom is 0.312 e. The van der Waals surface area contributed by atoms with Crippen molar-refractivity contribution in [2.45, 2.75) is 25.4 Å². The van der Waals surface area contributed by atoms with Crippen molar-refractivity contribution in [3.8, 4) is 11.6 Å². The fourth-order valence-electron chi connectivity index (χ4n) is 3.77. The van der Waals surface area contributed by atoms with Crippen LogP contribution in [-0.2, 0) is 14.3 Å². The number of nitrogens with zero attached hydrogens (tertiary/aromatic N) is 5. The molecule has 1 aliphatic carbocycles. The molecule has 0 bridgehead atoms. The minimum Gasteiger partial charge on any atom is -0.479 e. The molecule has 0 aromatic carbocycles. The highest BCUT2D eigenvalue weighted by Crippen LogP contribution is 2.30. The van der Waals surface area contributed by atoms with E-state index in [-0.39, 0.29) is 17.8 Å². The highest BCUT2D eigenvalue weighted by atomic mass is 16.5. The summed E-state index contributed by atoms with van der Waals surface area (Å²) >= 11 is 0. The van der Waals surface area contributed by atoms with Gasteiger partial charge in [0.1, 0.15) is 5.75 Å². The van der Waals surface area contributed by atoms with E-state index in [1.807, 2.05) is 4.90 Å². The number of hydrogen-bond donors (Lipinski definition) is 0. The molecule has 0 N–H and O–H groups in total. The van der Waals surface area contributed by atoms with Crippen LogP contribution < -0.4 is 19.3 Å². The number of ether oxygens (including phenoxy) is 3. The van der Waals surface area contributed by atoms with Gasteiger partial charge in [0, 0.05) is 32.1 Å². The monoisotopic (exact) mass is 439 g/mol. The minimum absolute atomic E-state index is 0.134. The lowest BCUT2D eigenvalue weighted by molar-refractivity contribution is -0.146. The predicted molar refractivity (Wildman–Crippen MR) is 114 cm³/mol. The average molecular weight is 439 g/mol. The molecular weight excluding hydrogens is 414 g/mol. The number of methoxy groups -OCH3 is 1. The maximum absolute atomic E-state index is 12.8. The Hall–Kier alpha value is -3.43. The van der Waals surface area contributed by atoms with Crippen LogP contribution >= 0.6 is 0 Å². The molecule has 3 aliphatic rings. The van der Waals surface area contributed by atoms with Gasteiger partial charge < -0.3 is 24.0 Å². The number of amides is 1. The van der Waals surface area contributed by atoms with Crippen LogP contribution in [0.5, 0.6) is 11.6 Å². The number of anilines is 2. The third kappa shape index (κ3) is 4.30. The summed E-state index contributed by atoms with van der Waals surface area (Å²) in [5.41, 5.74) is 0.622. The standard InChI is InChI=1S/C22H25N5O5/c1-30-21(29)15-11-26(12-15)22-24-8-16(9-25-22)27-7-6-18(20(27)28)32-17-4-5-19(23-10-17)31-13-14-2-3-14/h4-5,8-10,14-15,18H,2-3,6-7,11-13H2,1H3/t18-/m1/s1. The van der Waals surface area contributed by atoms with Crippen LogP contribution in [0.15, 0.2) is 30.7 Å². The van der Waals surface area contributed by atoms with E-state index >= 15 is 0 Å². The number of aromatic nitrogens is 3. The topological polar surface area (TPSA) is 107 Å². The van der Waals surface area contributed by atoms with Crippen LogP contribution in [0.4, 0.5) is 11.6 Å². The molecule has 168 valence electrons. The van der Waals surface area contributed by atoms with E-state index in [1.54, 1.807) is 35.6 Å². The molecule has 5 rings (SSSR count). The number of carbonyl (C=O) groups excluding carboxylic acids is 2. The number of carbonyl (C=O) groups is 2. The van der Waals surface area contributed by atoms with Gasteiger partial charge in [-0.05, 0) is 24.8 Å². The molecule has 10 nitrogen and oxygen atoms in total.